The lowest BCUT2D eigenvalue weighted by Crippen LogP contribution is -2.67. The number of nitrogens with zero attached hydrogens (tertiary/aromatic N) is 6. The van der Waals surface area contributed by atoms with Crippen molar-refractivity contribution >= 4 is 111 Å². The molecule has 8 nitrogen and oxygen atoms in total. The van der Waals surface area contributed by atoms with E-state index < -0.39 is 21.1 Å². The van der Waals surface area contributed by atoms with Gasteiger partial charge >= 0.3 is 21.1 Å². The largest absolute Gasteiger partial charge is 0.537 e. The molecule has 0 radical (unpaired) electrons. The summed E-state index contributed by atoms with van der Waals surface area (Å²) in [6.45, 7) is 2.14. The monoisotopic (exact) mass is 1140 g/mol. The molecular formula is C78H55B3N6O2. The van der Waals surface area contributed by atoms with Crippen LogP contribution in [-0.2, 0) is 0 Å². The molecule has 0 aromatic heterocycles. The molecule has 0 bridgehead atoms. The van der Waals surface area contributed by atoms with Gasteiger partial charge in [0, 0.05) is 102 Å². The number of fused-ring (bicyclic) bond motifs is 4. The number of para-hydroxylation sites is 9. The highest BCUT2D eigenvalue weighted by Gasteiger charge is 2.60. The Kier molecular flexibility index (Phi) is 11.7. The molecule has 6 aliphatic heterocycles. The van der Waals surface area contributed by atoms with Gasteiger partial charge in [-0.05, 0) is 139 Å². The van der Waals surface area contributed by atoms with Gasteiger partial charge in [0.1, 0.15) is 11.5 Å². The Morgan fingerprint density at radius 1 is 0.360 bits per heavy atom. The van der Waals surface area contributed by atoms with Crippen LogP contribution < -0.4 is 54.7 Å². The van der Waals surface area contributed by atoms with E-state index in [9.17, 15) is 0 Å². The molecule has 0 unspecified atom stereocenters. The number of anilines is 13. The third-order valence-electron chi connectivity index (χ3n) is 18.5. The summed E-state index contributed by atoms with van der Waals surface area (Å²) in [4.78, 5) is 15.4. The van der Waals surface area contributed by atoms with Crippen LogP contribution in [0.3, 0.4) is 0 Å². The van der Waals surface area contributed by atoms with Gasteiger partial charge in [-0.15, -0.1) is 0 Å². The third kappa shape index (κ3) is 7.64. The van der Waals surface area contributed by atoms with Crippen molar-refractivity contribution in [2.75, 3.05) is 35.6 Å². The fourth-order valence-corrected chi connectivity index (χ4v) is 15.0. The number of benzene rings is 12. The van der Waals surface area contributed by atoms with Gasteiger partial charge in [-0.1, -0.05) is 188 Å². The Labute approximate surface area is 519 Å². The summed E-state index contributed by atoms with van der Waals surface area (Å²) in [5, 5.41) is 0. The van der Waals surface area contributed by atoms with Crippen molar-refractivity contribution in [2.24, 2.45) is 0 Å². The zero-order chi connectivity index (χ0) is 58.7. The first-order chi connectivity index (χ1) is 44.2. The minimum atomic E-state index is -0.588. The zero-order valence-corrected chi connectivity index (χ0v) is 48.8. The van der Waals surface area contributed by atoms with E-state index in [0.29, 0.717) is 6.54 Å². The Morgan fingerprint density at radius 2 is 0.742 bits per heavy atom. The van der Waals surface area contributed by atoms with Crippen LogP contribution in [0.4, 0.5) is 73.9 Å². The maximum Gasteiger partial charge on any atom is 0.525 e. The topological polar surface area (TPSA) is 37.9 Å². The third-order valence-corrected chi connectivity index (χ3v) is 18.5. The number of rotatable bonds is 12. The van der Waals surface area contributed by atoms with Gasteiger partial charge in [-0.2, -0.15) is 0 Å². The van der Waals surface area contributed by atoms with Gasteiger partial charge in [0.05, 0.1) is 22.7 Å². The van der Waals surface area contributed by atoms with Crippen LogP contribution in [0.25, 0.3) is 44.5 Å². The fraction of sp³-hybridized carbons (Fsp3) is 0.0256. The van der Waals surface area contributed by atoms with E-state index in [1.807, 2.05) is 0 Å². The fourth-order valence-electron chi connectivity index (χ4n) is 15.0. The standard InChI is InChI=1S/C78H55B3N6O2/c1-2-3-4-30-49-82(53-31-12-5-13-32-53)66-50-62-60-45-26-28-47-68(60)88-80-74(62)72-70-64(84(80)56-37-18-8-19-38-56)52-65-71-73-75-63(61-46-27-29-48-69(61)89-81(75)85(65)57-39-20-9-21-40-57)51-67(83(54-33-14-6-15-34-54)55-35-16-7-17-36-55)78(73)87(59-43-24-11-25-44-59)79(76(70)71)86(77(66)72)58-41-22-10-23-42-58/h2-48,50-52H,49H2,1H3/b3-2-,30-4-. The first kappa shape index (κ1) is 51.0. The lowest BCUT2D eigenvalue weighted by atomic mass is 9.46. The highest BCUT2D eigenvalue weighted by atomic mass is 16.5. The zero-order valence-electron chi connectivity index (χ0n) is 48.8. The van der Waals surface area contributed by atoms with Gasteiger partial charge in [-0.25, -0.2) is 0 Å². The average Bonchev–Trinajstić information content (AvgIpc) is 0.657. The summed E-state index contributed by atoms with van der Waals surface area (Å²) in [5.41, 5.74) is 26.2. The van der Waals surface area contributed by atoms with Crippen molar-refractivity contribution in [3.8, 4) is 56.0 Å². The normalized spacial score (nSPS) is 13.9. The van der Waals surface area contributed by atoms with E-state index in [1.165, 1.54) is 16.6 Å². The van der Waals surface area contributed by atoms with Crippen LogP contribution >= 0.6 is 0 Å². The summed E-state index contributed by atoms with van der Waals surface area (Å²) in [7, 11) is -1.17. The van der Waals surface area contributed by atoms with Crippen molar-refractivity contribution < 1.29 is 9.31 Å². The molecule has 6 heterocycles. The lowest BCUT2D eigenvalue weighted by Gasteiger charge is -2.55. The summed E-state index contributed by atoms with van der Waals surface area (Å²) >= 11 is 0. The minimum Gasteiger partial charge on any atom is -0.537 e. The first-order valence-corrected chi connectivity index (χ1v) is 30.7. The minimum absolute atomic E-state index is 0.529. The number of allylic oxidation sites excluding steroid dienone is 3. The highest BCUT2D eigenvalue weighted by molar-refractivity contribution is 6.90. The summed E-state index contributed by atoms with van der Waals surface area (Å²) in [5.74, 6) is 1.67. The predicted octanol–water partition coefficient (Wildman–Crippen LogP) is 17.6. The van der Waals surface area contributed by atoms with Gasteiger partial charge < -0.3 is 38.4 Å². The van der Waals surface area contributed by atoms with E-state index in [2.05, 4.69) is 339 Å². The van der Waals surface area contributed by atoms with Crippen LogP contribution in [-0.4, -0.2) is 27.6 Å². The van der Waals surface area contributed by atoms with Gasteiger partial charge in [0.2, 0.25) is 0 Å². The molecule has 0 saturated carbocycles. The predicted molar refractivity (Wildman–Crippen MR) is 372 cm³/mol. The van der Waals surface area contributed by atoms with Crippen molar-refractivity contribution in [3.63, 3.8) is 0 Å². The smallest absolute Gasteiger partial charge is 0.525 e. The highest BCUT2D eigenvalue weighted by Crippen LogP contribution is 2.64. The van der Waals surface area contributed by atoms with E-state index in [4.69, 9.17) is 9.31 Å². The SMILES string of the molecule is C/C=C\C=C/CN(c1ccccc1)c1cc2c3c4c1N(c1ccccc1)B1c5c-4c(cc4c5-c5c6c(cc(N(c7ccccc7)c7ccccc7)c5N1c1ccccc1)-c1ccccc1OB6N4c1ccccc1)N(c1ccccc1)B3Oc1ccccc1-2. The van der Waals surface area contributed by atoms with Crippen LogP contribution in [0.2, 0.25) is 0 Å². The second kappa shape index (κ2) is 20.4. The van der Waals surface area contributed by atoms with E-state index in [-0.39, 0.29) is 0 Å². The molecular weight excluding hydrogens is 1090 g/mol. The number of hydrogen-bond acceptors (Lipinski definition) is 8. The maximum absolute atomic E-state index is 7.70. The van der Waals surface area contributed by atoms with Crippen molar-refractivity contribution in [3.05, 3.63) is 303 Å². The molecule has 6 aliphatic rings. The second-order valence-corrected chi connectivity index (χ2v) is 23.3. The van der Waals surface area contributed by atoms with Gasteiger partial charge in [0.15, 0.2) is 0 Å². The summed E-state index contributed by atoms with van der Waals surface area (Å²) in [6.07, 6.45) is 8.67. The molecule has 0 aliphatic carbocycles. The van der Waals surface area contributed by atoms with Crippen LogP contribution in [0.1, 0.15) is 6.92 Å². The molecule has 0 fully saturated rings. The Hall–Kier alpha value is -11.3. The molecule has 12 aromatic rings. The van der Waals surface area contributed by atoms with Crippen LogP contribution in [0, 0.1) is 0 Å². The summed E-state index contributed by atoms with van der Waals surface area (Å²) in [6, 6.07) is 102. The molecule has 12 aromatic carbocycles. The van der Waals surface area contributed by atoms with Crippen molar-refractivity contribution in [2.45, 2.75) is 6.92 Å². The van der Waals surface area contributed by atoms with E-state index in [0.717, 1.165) is 130 Å². The molecule has 0 atom stereocenters. The molecule has 11 heteroatoms. The molecule has 89 heavy (non-hydrogen) atoms. The Morgan fingerprint density at radius 3 is 1.19 bits per heavy atom. The molecule has 0 amide bonds. The van der Waals surface area contributed by atoms with Crippen molar-refractivity contribution in [1.82, 2.24) is 0 Å². The Balaban J connectivity index is 1.09. The lowest BCUT2D eigenvalue weighted by molar-refractivity contribution is 0.577. The molecule has 418 valence electrons. The average molecular weight is 1140 g/mol. The number of hydrogen-bond donors (Lipinski definition) is 0. The first-order valence-electron chi connectivity index (χ1n) is 30.7. The maximum atomic E-state index is 7.70. The van der Waals surface area contributed by atoms with E-state index >= 15 is 0 Å². The van der Waals surface area contributed by atoms with Gasteiger partial charge in [0.25, 0.3) is 0 Å². The summed E-state index contributed by atoms with van der Waals surface area (Å²) < 4.78 is 15.4. The molecule has 18 rings (SSSR count). The molecule has 0 N–H and O–H groups in total. The molecule has 0 saturated heterocycles. The van der Waals surface area contributed by atoms with Gasteiger partial charge in [-0.3, -0.25) is 0 Å². The van der Waals surface area contributed by atoms with Crippen LogP contribution in [0.15, 0.2) is 303 Å². The quantitative estimate of drug-likeness (QED) is 0.0885. The van der Waals surface area contributed by atoms with Crippen LogP contribution in [0.5, 0.6) is 11.5 Å². The Bertz CT molecular complexity index is 4790. The van der Waals surface area contributed by atoms with Crippen molar-refractivity contribution in [1.29, 1.82) is 0 Å². The molecule has 0 spiro atoms. The second-order valence-electron chi connectivity index (χ2n) is 23.3. The van der Waals surface area contributed by atoms with E-state index in [1.54, 1.807) is 0 Å².